The Balaban J connectivity index is 0.697. The van der Waals surface area contributed by atoms with Gasteiger partial charge >= 0.3 is 0 Å². The van der Waals surface area contributed by atoms with Gasteiger partial charge in [0.05, 0.1) is 34.4 Å². The van der Waals surface area contributed by atoms with Crippen molar-refractivity contribution >= 4 is 57.9 Å². The maximum atomic E-state index is 15.3. The number of amides is 5. The van der Waals surface area contributed by atoms with E-state index in [0.717, 1.165) is 115 Å². The molecule has 0 bridgehead atoms. The van der Waals surface area contributed by atoms with Gasteiger partial charge in [0.15, 0.2) is 5.82 Å². The van der Waals surface area contributed by atoms with Crippen LogP contribution in [0.1, 0.15) is 134 Å². The van der Waals surface area contributed by atoms with Gasteiger partial charge in [0.25, 0.3) is 0 Å². The summed E-state index contributed by atoms with van der Waals surface area (Å²) in [6, 6.07) is 13.9. The zero-order chi connectivity index (χ0) is 51.0. The number of nitrogens with zero attached hydrogens (tertiary/aromatic N) is 10. The van der Waals surface area contributed by atoms with Crippen molar-refractivity contribution in [2.45, 2.75) is 152 Å². The smallest absolute Gasteiger partial charge is 0.242 e. The van der Waals surface area contributed by atoms with Crippen LogP contribution < -0.4 is 20.4 Å². The maximum absolute atomic E-state index is 15.3. The van der Waals surface area contributed by atoms with Gasteiger partial charge in [0.2, 0.25) is 29.5 Å². The van der Waals surface area contributed by atoms with Crippen LogP contribution in [0.3, 0.4) is 0 Å². The lowest BCUT2D eigenvalue weighted by Crippen LogP contribution is -2.63. The molecule has 7 fully saturated rings. The number of piperazine rings is 1. The largest absolute Gasteiger partial charge is 0.366 e. The molecule has 1 atom stereocenters. The summed E-state index contributed by atoms with van der Waals surface area (Å²) in [5.41, 5.74) is 5.22. The van der Waals surface area contributed by atoms with E-state index in [4.69, 9.17) is 9.97 Å². The number of benzene rings is 1. The van der Waals surface area contributed by atoms with Crippen LogP contribution in [-0.2, 0) is 29.4 Å². The summed E-state index contributed by atoms with van der Waals surface area (Å²) in [4.78, 5) is 96.0. The molecule has 2 N–H and O–H groups in total. The van der Waals surface area contributed by atoms with Crippen LogP contribution in [0.15, 0.2) is 48.9 Å². The first-order chi connectivity index (χ1) is 35.8. The van der Waals surface area contributed by atoms with Gasteiger partial charge < -0.3 is 34.4 Å². The molecular formula is C57H74N12O5. The first kappa shape index (κ1) is 49.0. The first-order valence-electron chi connectivity index (χ1n) is 28.0. The molecule has 9 heterocycles. The molecule has 392 valence electrons. The fourth-order valence-electron chi connectivity index (χ4n) is 13.6. The molecule has 5 amide bonds. The lowest BCUT2D eigenvalue weighted by molar-refractivity contribution is -0.149. The van der Waals surface area contributed by atoms with Crippen molar-refractivity contribution in [2.75, 3.05) is 80.6 Å². The Bertz CT molecular complexity index is 2820. The molecule has 1 aromatic carbocycles. The Labute approximate surface area is 434 Å². The molecule has 2 aliphatic carbocycles. The molecule has 74 heavy (non-hydrogen) atoms. The third-order valence-corrected chi connectivity index (χ3v) is 18.5. The number of carbonyl (C=O) groups excluding carboxylic acids is 5. The number of rotatable bonds is 11. The van der Waals surface area contributed by atoms with Crippen LogP contribution in [0.25, 0.3) is 22.3 Å². The average molecular weight is 1010 g/mol. The topological polar surface area (TPSA) is 172 Å². The molecule has 12 rings (SSSR count). The second-order valence-electron chi connectivity index (χ2n) is 23.6. The second-order valence-corrected chi connectivity index (χ2v) is 23.6. The van der Waals surface area contributed by atoms with Crippen LogP contribution in [0.4, 0.5) is 17.3 Å². The predicted molar refractivity (Wildman–Crippen MR) is 284 cm³/mol. The van der Waals surface area contributed by atoms with E-state index < -0.39 is 11.0 Å². The molecule has 17 nitrogen and oxygen atoms in total. The van der Waals surface area contributed by atoms with Crippen molar-refractivity contribution in [2.24, 2.45) is 5.92 Å². The number of fused-ring (bicyclic) bond motifs is 3. The Morgan fingerprint density at radius 3 is 2.22 bits per heavy atom. The van der Waals surface area contributed by atoms with Gasteiger partial charge in [0, 0.05) is 106 Å². The molecule has 8 aliphatic rings. The van der Waals surface area contributed by atoms with E-state index >= 15 is 4.79 Å². The normalized spacial score (nSPS) is 25.2. The van der Waals surface area contributed by atoms with Crippen LogP contribution in [0, 0.1) is 5.92 Å². The van der Waals surface area contributed by atoms with Gasteiger partial charge in [-0.3, -0.25) is 34.2 Å². The minimum absolute atomic E-state index is 0.0642. The first-order valence-corrected chi connectivity index (χ1v) is 28.0. The highest BCUT2D eigenvalue weighted by atomic mass is 16.2. The summed E-state index contributed by atoms with van der Waals surface area (Å²) in [7, 11) is 0. The van der Waals surface area contributed by atoms with E-state index in [1.807, 2.05) is 42.1 Å². The molecule has 2 saturated carbocycles. The van der Waals surface area contributed by atoms with Crippen LogP contribution in [-0.4, -0.2) is 158 Å². The number of aromatic nitrogens is 4. The lowest BCUT2D eigenvalue weighted by Gasteiger charge is -2.49. The van der Waals surface area contributed by atoms with Crippen LogP contribution in [0.2, 0.25) is 0 Å². The SMILES string of the molecule is CC(C)n1cnc2cc(-c3ccc4c(c3)N(C3CC(N5CCCCC5)C3)C(=O)C43CCN(C(=O)C(C)(C)N4CCN(C(=O)C5CCN(c6ccc([C@H]7CCC(=O)NC7=O)cn6)CC5)CC4)CC3)nc(NC3CC3)c21. The van der Waals surface area contributed by atoms with Crippen LogP contribution >= 0.6 is 0 Å². The summed E-state index contributed by atoms with van der Waals surface area (Å²) in [6.45, 7) is 15.5. The molecule has 0 radical (unpaired) electrons. The van der Waals surface area contributed by atoms with E-state index in [1.54, 1.807) is 6.20 Å². The van der Waals surface area contributed by atoms with E-state index in [2.05, 4.69) is 77.9 Å². The minimum Gasteiger partial charge on any atom is -0.366 e. The fraction of sp³-hybridized carbons (Fsp3) is 0.614. The molecule has 3 aromatic heterocycles. The number of anilines is 3. The number of carbonyl (C=O) groups is 5. The standard InChI is InChI=1S/C57H74N12O5/c1-36(2)68-35-59-46-33-45(61-51(50(46)68)60-40-10-11-40)38-8-13-44-47(30-38)69(42-31-41(32-42)63-20-6-5-7-21-63)55(74)57(44)18-24-66(25-19-57)54(73)56(3,4)67-28-26-65(27-29-67)53(72)37-16-22-64(23-17-37)48-14-9-39(34-58-48)43-12-15-49(70)62-52(43)71/h8-9,13-14,30,33-37,40-43H,5-7,10-12,15-29,31-32H2,1-4H3,(H,60,61)(H,62,70,71)/t41?,42?,43-/m1/s1. The zero-order valence-corrected chi connectivity index (χ0v) is 43.9. The summed E-state index contributed by atoms with van der Waals surface area (Å²) < 4.78 is 2.20. The molecule has 4 aromatic rings. The van der Waals surface area contributed by atoms with E-state index in [0.29, 0.717) is 77.0 Å². The Kier molecular flexibility index (Phi) is 12.8. The summed E-state index contributed by atoms with van der Waals surface area (Å²) in [5, 5.41) is 6.14. The lowest BCUT2D eigenvalue weighted by atomic mass is 9.73. The van der Waals surface area contributed by atoms with Gasteiger partial charge in [-0.2, -0.15) is 0 Å². The van der Waals surface area contributed by atoms with E-state index in [1.165, 1.54) is 19.3 Å². The number of pyridine rings is 2. The number of hydrogen-bond acceptors (Lipinski definition) is 12. The predicted octanol–water partition coefficient (Wildman–Crippen LogP) is 6.23. The van der Waals surface area contributed by atoms with Crippen molar-refractivity contribution in [1.29, 1.82) is 0 Å². The van der Waals surface area contributed by atoms with Crippen molar-refractivity contribution in [3.63, 3.8) is 0 Å². The van der Waals surface area contributed by atoms with E-state index in [-0.39, 0.29) is 53.5 Å². The third kappa shape index (κ3) is 8.82. The summed E-state index contributed by atoms with van der Waals surface area (Å²) in [6.07, 6.45) is 15.2. The maximum Gasteiger partial charge on any atom is 0.242 e. The Morgan fingerprint density at radius 2 is 1.54 bits per heavy atom. The molecule has 5 saturated heterocycles. The number of hydrogen-bond donors (Lipinski definition) is 2. The summed E-state index contributed by atoms with van der Waals surface area (Å²) in [5.74, 6) is 1.24. The van der Waals surface area contributed by atoms with Gasteiger partial charge in [-0.15, -0.1) is 0 Å². The van der Waals surface area contributed by atoms with Crippen molar-refractivity contribution < 1.29 is 24.0 Å². The number of nitrogens with one attached hydrogen (secondary N) is 2. The minimum atomic E-state index is -0.772. The van der Waals surface area contributed by atoms with Gasteiger partial charge in [-0.05, 0) is 141 Å². The molecule has 1 spiro atoms. The second kappa shape index (κ2) is 19.3. The zero-order valence-electron chi connectivity index (χ0n) is 43.9. The van der Waals surface area contributed by atoms with Crippen molar-refractivity contribution in [3.8, 4) is 11.3 Å². The molecular weight excluding hydrogens is 933 g/mol. The number of imide groups is 1. The van der Waals surface area contributed by atoms with Crippen molar-refractivity contribution in [1.82, 2.24) is 44.4 Å². The highest BCUT2D eigenvalue weighted by molar-refractivity contribution is 6.09. The van der Waals surface area contributed by atoms with Crippen molar-refractivity contribution in [3.05, 3.63) is 60.0 Å². The molecule has 6 aliphatic heterocycles. The molecule has 17 heteroatoms. The summed E-state index contributed by atoms with van der Waals surface area (Å²) >= 11 is 0. The number of likely N-dealkylation sites (tertiary alicyclic amines) is 2. The highest BCUT2D eigenvalue weighted by Gasteiger charge is 2.56. The Hall–Kier alpha value is -5.94. The third-order valence-electron chi connectivity index (χ3n) is 18.5. The van der Waals surface area contributed by atoms with Gasteiger partial charge in [-0.25, -0.2) is 15.0 Å². The monoisotopic (exact) mass is 1010 g/mol. The van der Waals surface area contributed by atoms with Gasteiger partial charge in [0.1, 0.15) is 11.3 Å². The quantitative estimate of drug-likeness (QED) is 0.163. The number of imidazole rings is 1. The molecule has 0 unspecified atom stereocenters. The average Bonchev–Trinajstić information content (AvgIpc) is 4.11. The van der Waals surface area contributed by atoms with Crippen LogP contribution in [0.5, 0.6) is 0 Å². The van der Waals surface area contributed by atoms with Gasteiger partial charge in [-0.1, -0.05) is 24.6 Å². The fourth-order valence-corrected chi connectivity index (χ4v) is 13.6. The Morgan fingerprint density at radius 1 is 0.797 bits per heavy atom. The highest BCUT2D eigenvalue weighted by Crippen LogP contribution is 2.52. The van der Waals surface area contributed by atoms with E-state index in [9.17, 15) is 19.2 Å². The number of piperidine rings is 4.